The Morgan fingerprint density at radius 1 is 1.18 bits per heavy atom. The van der Waals surface area contributed by atoms with E-state index in [0.29, 0.717) is 12.1 Å². The Morgan fingerprint density at radius 2 is 2.00 bits per heavy atom. The van der Waals surface area contributed by atoms with E-state index in [-0.39, 0.29) is 5.91 Å². The van der Waals surface area contributed by atoms with Gasteiger partial charge < -0.3 is 5.32 Å². The molecule has 2 aromatic rings. The van der Waals surface area contributed by atoms with Gasteiger partial charge in [-0.25, -0.2) is 0 Å². The van der Waals surface area contributed by atoms with Crippen molar-refractivity contribution in [2.45, 2.75) is 20.4 Å². The van der Waals surface area contributed by atoms with E-state index >= 15 is 0 Å². The van der Waals surface area contributed by atoms with Crippen LogP contribution in [-0.2, 0) is 6.54 Å². The summed E-state index contributed by atoms with van der Waals surface area (Å²) < 4.78 is 0. The van der Waals surface area contributed by atoms with Crippen molar-refractivity contribution in [2.24, 2.45) is 0 Å². The van der Waals surface area contributed by atoms with Crippen LogP contribution in [0.5, 0.6) is 0 Å². The summed E-state index contributed by atoms with van der Waals surface area (Å²) in [6.07, 6.45) is 5.56. The Labute approximate surface area is 132 Å². The predicted molar refractivity (Wildman–Crippen MR) is 92.8 cm³/mol. The van der Waals surface area contributed by atoms with Crippen molar-refractivity contribution in [1.29, 1.82) is 0 Å². The molecule has 0 saturated heterocycles. The molecule has 0 aliphatic heterocycles. The van der Waals surface area contributed by atoms with Crippen LogP contribution in [0, 0.1) is 13.8 Å². The molecule has 2 aromatic carbocycles. The van der Waals surface area contributed by atoms with Crippen molar-refractivity contribution in [2.75, 3.05) is 0 Å². The number of carbonyl (C=O) groups is 1. The number of rotatable bonds is 5. The molecule has 0 aliphatic rings. The standard InChI is InChI=1S/C20H21NO/c1-4-5-9-18-13-19(11-10-16(18)3)20(22)21-14-17-8-6-7-15(2)12-17/h4-13H,1,14H2,2-3H3,(H,21,22)/b9-5-. The van der Waals surface area contributed by atoms with E-state index in [1.807, 2.05) is 62.4 Å². The topological polar surface area (TPSA) is 29.1 Å². The van der Waals surface area contributed by atoms with E-state index in [0.717, 1.165) is 16.7 Å². The summed E-state index contributed by atoms with van der Waals surface area (Å²) in [5.41, 5.74) is 5.13. The number of allylic oxidation sites excluding steroid dienone is 2. The third-order valence-corrected chi connectivity index (χ3v) is 3.49. The zero-order chi connectivity index (χ0) is 15.9. The van der Waals surface area contributed by atoms with Crippen LogP contribution < -0.4 is 5.32 Å². The van der Waals surface area contributed by atoms with Crippen molar-refractivity contribution in [1.82, 2.24) is 5.32 Å². The highest BCUT2D eigenvalue weighted by atomic mass is 16.1. The van der Waals surface area contributed by atoms with Gasteiger partial charge in [0.15, 0.2) is 0 Å². The Bertz CT molecular complexity index is 713. The highest BCUT2D eigenvalue weighted by molar-refractivity contribution is 5.94. The van der Waals surface area contributed by atoms with Gasteiger partial charge in [0, 0.05) is 12.1 Å². The molecule has 0 unspecified atom stereocenters. The molecule has 2 rings (SSSR count). The second kappa shape index (κ2) is 7.41. The van der Waals surface area contributed by atoms with Crippen LogP contribution in [0.1, 0.15) is 32.6 Å². The number of nitrogens with one attached hydrogen (secondary N) is 1. The SMILES string of the molecule is C=C/C=C\c1cc(C(=O)NCc2cccc(C)c2)ccc1C. The molecule has 2 nitrogen and oxygen atoms in total. The fourth-order valence-corrected chi connectivity index (χ4v) is 2.24. The van der Waals surface area contributed by atoms with Crippen LogP contribution >= 0.6 is 0 Å². The van der Waals surface area contributed by atoms with Crippen molar-refractivity contribution in [3.63, 3.8) is 0 Å². The molecule has 0 saturated carbocycles. The zero-order valence-corrected chi connectivity index (χ0v) is 13.1. The first-order valence-corrected chi connectivity index (χ1v) is 7.33. The van der Waals surface area contributed by atoms with E-state index < -0.39 is 0 Å². The molecule has 0 heterocycles. The summed E-state index contributed by atoms with van der Waals surface area (Å²) in [4.78, 5) is 12.3. The van der Waals surface area contributed by atoms with Gasteiger partial charge in [-0.1, -0.05) is 60.7 Å². The van der Waals surface area contributed by atoms with Gasteiger partial charge in [-0.3, -0.25) is 4.79 Å². The molecule has 22 heavy (non-hydrogen) atoms. The second-order valence-corrected chi connectivity index (χ2v) is 5.34. The number of hydrogen-bond donors (Lipinski definition) is 1. The minimum atomic E-state index is -0.0604. The molecule has 2 heteroatoms. The zero-order valence-electron chi connectivity index (χ0n) is 13.1. The van der Waals surface area contributed by atoms with Crippen LogP contribution in [0.4, 0.5) is 0 Å². The number of hydrogen-bond acceptors (Lipinski definition) is 1. The molecule has 112 valence electrons. The number of amides is 1. The maximum atomic E-state index is 12.3. The van der Waals surface area contributed by atoms with E-state index in [9.17, 15) is 4.79 Å². The van der Waals surface area contributed by atoms with E-state index in [1.54, 1.807) is 6.08 Å². The highest BCUT2D eigenvalue weighted by Crippen LogP contribution is 2.13. The fraction of sp³-hybridized carbons (Fsp3) is 0.150. The summed E-state index contributed by atoms with van der Waals surface area (Å²) >= 11 is 0. The minimum Gasteiger partial charge on any atom is -0.348 e. The lowest BCUT2D eigenvalue weighted by Crippen LogP contribution is -2.22. The summed E-state index contributed by atoms with van der Waals surface area (Å²) in [7, 11) is 0. The normalized spacial score (nSPS) is 10.6. The van der Waals surface area contributed by atoms with Crippen molar-refractivity contribution < 1.29 is 4.79 Å². The minimum absolute atomic E-state index is 0.0604. The van der Waals surface area contributed by atoms with Gasteiger partial charge in [0.1, 0.15) is 0 Å². The molecule has 0 atom stereocenters. The van der Waals surface area contributed by atoms with E-state index in [1.165, 1.54) is 5.56 Å². The number of aryl methyl sites for hydroxylation is 2. The third kappa shape index (κ3) is 4.19. The van der Waals surface area contributed by atoms with Crippen molar-refractivity contribution in [3.8, 4) is 0 Å². The molecule has 0 radical (unpaired) electrons. The number of benzene rings is 2. The van der Waals surface area contributed by atoms with Gasteiger partial charge in [0.25, 0.3) is 5.91 Å². The summed E-state index contributed by atoms with van der Waals surface area (Å²) in [5.74, 6) is -0.0604. The Hall–Kier alpha value is -2.61. The van der Waals surface area contributed by atoms with Crippen LogP contribution in [0.25, 0.3) is 6.08 Å². The van der Waals surface area contributed by atoms with E-state index in [2.05, 4.69) is 18.0 Å². The average Bonchev–Trinajstić information content (AvgIpc) is 2.52. The lowest BCUT2D eigenvalue weighted by atomic mass is 10.0. The van der Waals surface area contributed by atoms with Crippen LogP contribution in [0.3, 0.4) is 0 Å². The molecule has 0 spiro atoms. The van der Waals surface area contributed by atoms with Crippen LogP contribution in [0.15, 0.2) is 61.2 Å². The molecule has 1 amide bonds. The lowest BCUT2D eigenvalue weighted by Gasteiger charge is -2.08. The predicted octanol–water partition coefficient (Wildman–Crippen LogP) is 4.43. The van der Waals surface area contributed by atoms with Crippen molar-refractivity contribution >= 4 is 12.0 Å². The second-order valence-electron chi connectivity index (χ2n) is 5.34. The molecular weight excluding hydrogens is 270 g/mol. The first-order chi connectivity index (χ1) is 10.6. The average molecular weight is 291 g/mol. The lowest BCUT2D eigenvalue weighted by molar-refractivity contribution is 0.0951. The fourth-order valence-electron chi connectivity index (χ4n) is 2.24. The Balaban J connectivity index is 2.09. The first kappa shape index (κ1) is 15.8. The summed E-state index contributed by atoms with van der Waals surface area (Å²) in [6.45, 7) is 8.27. The summed E-state index contributed by atoms with van der Waals surface area (Å²) in [6, 6.07) is 13.9. The van der Waals surface area contributed by atoms with Gasteiger partial charge in [-0.05, 0) is 42.7 Å². The monoisotopic (exact) mass is 291 g/mol. The van der Waals surface area contributed by atoms with Gasteiger partial charge >= 0.3 is 0 Å². The molecule has 1 N–H and O–H groups in total. The molecule has 0 aliphatic carbocycles. The van der Waals surface area contributed by atoms with Gasteiger partial charge in [0.2, 0.25) is 0 Å². The van der Waals surface area contributed by atoms with Crippen molar-refractivity contribution in [3.05, 3.63) is 89.0 Å². The molecule has 0 fully saturated rings. The molecule has 0 bridgehead atoms. The quantitative estimate of drug-likeness (QED) is 0.811. The maximum absolute atomic E-state index is 12.3. The van der Waals surface area contributed by atoms with E-state index in [4.69, 9.17) is 0 Å². The van der Waals surface area contributed by atoms with Gasteiger partial charge in [-0.2, -0.15) is 0 Å². The molecule has 0 aromatic heterocycles. The Morgan fingerprint density at radius 3 is 2.73 bits per heavy atom. The van der Waals surface area contributed by atoms with Crippen LogP contribution in [-0.4, -0.2) is 5.91 Å². The first-order valence-electron chi connectivity index (χ1n) is 7.33. The van der Waals surface area contributed by atoms with Gasteiger partial charge in [0.05, 0.1) is 0 Å². The molecular formula is C20H21NO. The number of carbonyl (C=O) groups excluding carboxylic acids is 1. The third-order valence-electron chi connectivity index (χ3n) is 3.49. The van der Waals surface area contributed by atoms with Gasteiger partial charge in [-0.15, -0.1) is 0 Å². The Kier molecular flexibility index (Phi) is 5.31. The smallest absolute Gasteiger partial charge is 0.251 e. The maximum Gasteiger partial charge on any atom is 0.251 e. The largest absolute Gasteiger partial charge is 0.348 e. The highest BCUT2D eigenvalue weighted by Gasteiger charge is 2.07. The van der Waals surface area contributed by atoms with Crippen LogP contribution in [0.2, 0.25) is 0 Å². The summed E-state index contributed by atoms with van der Waals surface area (Å²) in [5, 5.41) is 2.96.